The van der Waals surface area contributed by atoms with Gasteiger partial charge in [-0.05, 0) is 25.0 Å². The van der Waals surface area contributed by atoms with Gasteiger partial charge >= 0.3 is 0 Å². The Balaban J connectivity index is 1.94. The lowest BCUT2D eigenvalue weighted by atomic mass is 10.0. The predicted molar refractivity (Wildman–Crippen MR) is 130 cm³/mol. The van der Waals surface area contributed by atoms with Crippen molar-refractivity contribution < 1.29 is 19.1 Å². The molecule has 34 heavy (non-hydrogen) atoms. The Morgan fingerprint density at radius 2 is 1.97 bits per heavy atom. The molecule has 0 spiro atoms. The van der Waals surface area contributed by atoms with E-state index >= 15 is 0 Å². The van der Waals surface area contributed by atoms with Crippen molar-refractivity contribution in [3.63, 3.8) is 0 Å². The smallest absolute Gasteiger partial charge is 0.257 e. The van der Waals surface area contributed by atoms with Crippen molar-refractivity contribution in [2.75, 3.05) is 39.2 Å². The second-order valence-corrected chi connectivity index (χ2v) is 8.89. The van der Waals surface area contributed by atoms with Gasteiger partial charge in [-0.2, -0.15) is 0 Å². The molecule has 0 radical (unpaired) electrons. The second kappa shape index (κ2) is 11.9. The van der Waals surface area contributed by atoms with Crippen LogP contribution in [-0.4, -0.2) is 77.6 Å². The lowest BCUT2D eigenvalue weighted by molar-refractivity contribution is -0.115. The summed E-state index contributed by atoms with van der Waals surface area (Å²) in [7, 11) is 3.45. The number of hydrogen-bond acceptors (Lipinski definition) is 7. The molecule has 0 aliphatic carbocycles. The molecule has 3 atom stereocenters. The number of aromatic nitrogens is 2. The van der Waals surface area contributed by atoms with Gasteiger partial charge in [-0.1, -0.05) is 13.8 Å². The van der Waals surface area contributed by atoms with Crippen molar-refractivity contribution in [3.05, 3.63) is 48.0 Å². The van der Waals surface area contributed by atoms with Crippen molar-refractivity contribution in [1.82, 2.24) is 19.8 Å². The Bertz CT molecular complexity index is 971. The Hall–Kier alpha value is -3.04. The van der Waals surface area contributed by atoms with E-state index in [0.717, 1.165) is 12.1 Å². The largest absolute Gasteiger partial charge is 0.491 e. The van der Waals surface area contributed by atoms with Gasteiger partial charge in [0.05, 0.1) is 11.7 Å². The highest BCUT2D eigenvalue weighted by atomic mass is 16.5. The number of nitrogens with one attached hydrogen (secondary N) is 1. The van der Waals surface area contributed by atoms with Crippen LogP contribution in [-0.2, 0) is 16.1 Å². The average molecular weight is 470 g/mol. The zero-order chi connectivity index (χ0) is 24.7. The number of anilines is 1. The van der Waals surface area contributed by atoms with Gasteiger partial charge in [-0.15, -0.1) is 0 Å². The second-order valence-electron chi connectivity index (χ2n) is 8.89. The van der Waals surface area contributed by atoms with Crippen LogP contribution >= 0.6 is 0 Å². The molecule has 2 amide bonds. The molecular formula is C25H35N5O4. The van der Waals surface area contributed by atoms with Crippen molar-refractivity contribution in [1.29, 1.82) is 0 Å². The molecule has 1 aliphatic rings. The van der Waals surface area contributed by atoms with Gasteiger partial charge in [-0.25, -0.2) is 9.97 Å². The Morgan fingerprint density at radius 3 is 2.65 bits per heavy atom. The van der Waals surface area contributed by atoms with Crippen LogP contribution in [0.1, 0.15) is 43.1 Å². The molecule has 0 fully saturated rings. The number of carbonyl (C=O) groups is 2. The van der Waals surface area contributed by atoms with Gasteiger partial charge in [-0.3, -0.25) is 14.5 Å². The average Bonchev–Trinajstić information content (AvgIpc) is 2.84. The summed E-state index contributed by atoms with van der Waals surface area (Å²) in [4.78, 5) is 37.4. The van der Waals surface area contributed by atoms with Crippen LogP contribution in [0.2, 0.25) is 0 Å². The van der Waals surface area contributed by atoms with Crippen LogP contribution in [0.15, 0.2) is 36.9 Å². The fraction of sp³-hybridized carbons (Fsp3) is 0.520. The molecule has 0 bridgehead atoms. The van der Waals surface area contributed by atoms with Crippen LogP contribution in [0.3, 0.4) is 0 Å². The highest BCUT2D eigenvalue weighted by Crippen LogP contribution is 2.27. The number of methoxy groups -OCH3 is 1. The number of nitrogens with zero attached hydrogens (tertiary/aromatic N) is 4. The standard InChI is InChI=1S/C25H35N5O4/c1-6-24(31)28-20-7-8-21-22(9-20)34-15-18(3)30(13-19-10-26-16-27-11-19)12-17(2)23(33-5)14-29(4)25(21)32/h7-11,16-18,23H,6,12-15H2,1-5H3,(H,28,31)/t17-,18+,23+/m0/s1. The third-order valence-corrected chi connectivity index (χ3v) is 6.18. The fourth-order valence-corrected chi connectivity index (χ4v) is 4.04. The lowest BCUT2D eigenvalue weighted by Gasteiger charge is -2.36. The normalized spacial score (nSPS) is 22.2. The Kier molecular flexibility index (Phi) is 8.95. The molecule has 1 aliphatic heterocycles. The number of amides is 2. The van der Waals surface area contributed by atoms with E-state index in [1.165, 1.54) is 6.33 Å². The summed E-state index contributed by atoms with van der Waals surface area (Å²) in [5, 5.41) is 2.84. The fourth-order valence-electron chi connectivity index (χ4n) is 4.04. The zero-order valence-corrected chi connectivity index (χ0v) is 20.7. The maximum absolute atomic E-state index is 13.3. The molecule has 2 aromatic rings. The molecule has 2 heterocycles. The number of benzene rings is 1. The van der Waals surface area contributed by atoms with Gasteiger partial charge < -0.3 is 19.7 Å². The van der Waals surface area contributed by atoms with Gasteiger partial charge in [0.1, 0.15) is 18.7 Å². The zero-order valence-electron chi connectivity index (χ0n) is 20.7. The number of rotatable bonds is 5. The van der Waals surface area contributed by atoms with Crippen LogP contribution in [0.25, 0.3) is 0 Å². The van der Waals surface area contributed by atoms with Crippen molar-refractivity contribution in [3.8, 4) is 5.75 Å². The molecule has 0 saturated carbocycles. The van der Waals surface area contributed by atoms with E-state index < -0.39 is 0 Å². The van der Waals surface area contributed by atoms with Gasteiger partial charge in [0, 0.05) is 76.0 Å². The Labute approximate surface area is 201 Å². The summed E-state index contributed by atoms with van der Waals surface area (Å²) in [5.74, 6) is 0.364. The quantitative estimate of drug-likeness (QED) is 0.719. The van der Waals surface area contributed by atoms with Gasteiger partial charge in [0.25, 0.3) is 5.91 Å². The molecule has 9 nitrogen and oxygen atoms in total. The molecule has 9 heteroatoms. The number of fused-ring (bicyclic) bond motifs is 1. The van der Waals surface area contributed by atoms with E-state index in [9.17, 15) is 9.59 Å². The summed E-state index contributed by atoms with van der Waals surface area (Å²) in [6, 6.07) is 5.20. The van der Waals surface area contributed by atoms with E-state index in [4.69, 9.17) is 9.47 Å². The lowest BCUT2D eigenvalue weighted by Crippen LogP contribution is -2.46. The molecular weight excluding hydrogens is 434 g/mol. The SMILES string of the molecule is CCC(=O)Nc1ccc2c(c1)OC[C@@H](C)N(Cc1cncnc1)C[C@H](C)[C@H](OC)CN(C)C2=O. The van der Waals surface area contributed by atoms with E-state index in [1.54, 1.807) is 44.2 Å². The minimum absolute atomic E-state index is 0.0363. The van der Waals surface area contributed by atoms with E-state index in [2.05, 4.69) is 34.0 Å². The Morgan fingerprint density at radius 1 is 1.24 bits per heavy atom. The molecule has 1 N–H and O–H groups in total. The number of carbonyl (C=O) groups excluding carboxylic acids is 2. The van der Waals surface area contributed by atoms with Crippen LogP contribution < -0.4 is 10.1 Å². The van der Waals surface area contributed by atoms with E-state index in [1.807, 2.05) is 12.4 Å². The maximum atomic E-state index is 13.3. The summed E-state index contributed by atoms with van der Waals surface area (Å²) in [6.07, 6.45) is 5.39. The molecule has 0 saturated heterocycles. The van der Waals surface area contributed by atoms with Crippen molar-refractivity contribution in [2.24, 2.45) is 5.92 Å². The highest BCUT2D eigenvalue weighted by Gasteiger charge is 2.28. The maximum Gasteiger partial charge on any atom is 0.257 e. The highest BCUT2D eigenvalue weighted by molar-refractivity contribution is 5.98. The summed E-state index contributed by atoms with van der Waals surface area (Å²) in [6.45, 7) is 8.25. The van der Waals surface area contributed by atoms with Crippen LogP contribution in [0, 0.1) is 5.92 Å². The first-order valence-electron chi connectivity index (χ1n) is 11.6. The summed E-state index contributed by atoms with van der Waals surface area (Å²) in [5.41, 5.74) is 2.07. The first kappa shape index (κ1) is 25.6. The van der Waals surface area contributed by atoms with Crippen molar-refractivity contribution >= 4 is 17.5 Å². The number of likely N-dealkylation sites (N-methyl/N-ethyl adjacent to an activating group) is 1. The molecule has 1 aromatic heterocycles. The van der Waals surface area contributed by atoms with Crippen LogP contribution in [0.5, 0.6) is 5.75 Å². The molecule has 1 aromatic carbocycles. The molecule has 0 unspecified atom stereocenters. The first-order valence-corrected chi connectivity index (χ1v) is 11.6. The third kappa shape index (κ3) is 6.51. The monoisotopic (exact) mass is 469 g/mol. The molecule has 184 valence electrons. The van der Waals surface area contributed by atoms with Gasteiger partial charge in [0.2, 0.25) is 5.91 Å². The minimum Gasteiger partial charge on any atom is -0.491 e. The van der Waals surface area contributed by atoms with E-state index in [-0.39, 0.29) is 29.9 Å². The first-order chi connectivity index (χ1) is 16.3. The van der Waals surface area contributed by atoms with Crippen LogP contribution in [0.4, 0.5) is 5.69 Å². The van der Waals surface area contributed by atoms with E-state index in [0.29, 0.717) is 43.1 Å². The van der Waals surface area contributed by atoms with Gasteiger partial charge in [0.15, 0.2) is 0 Å². The third-order valence-electron chi connectivity index (χ3n) is 6.18. The number of ether oxygens (including phenoxy) is 2. The van der Waals surface area contributed by atoms with Crippen molar-refractivity contribution in [2.45, 2.75) is 45.9 Å². The minimum atomic E-state index is -0.149. The summed E-state index contributed by atoms with van der Waals surface area (Å²) < 4.78 is 12.0. The molecule has 3 rings (SSSR count). The number of hydrogen-bond donors (Lipinski definition) is 1. The summed E-state index contributed by atoms with van der Waals surface area (Å²) >= 11 is 0. The predicted octanol–water partition coefficient (Wildman–Crippen LogP) is 2.83. The topological polar surface area (TPSA) is 96.9 Å².